The van der Waals surface area contributed by atoms with E-state index in [0.717, 1.165) is 49.7 Å². The van der Waals surface area contributed by atoms with Gasteiger partial charge in [-0.15, -0.1) is 0 Å². The van der Waals surface area contributed by atoms with Crippen LogP contribution in [0.2, 0.25) is 0 Å². The topological polar surface area (TPSA) is 87.0 Å². The second-order valence-corrected chi connectivity index (χ2v) is 8.67. The van der Waals surface area contributed by atoms with Crippen molar-refractivity contribution in [3.8, 4) is 11.5 Å². The lowest BCUT2D eigenvalue weighted by molar-refractivity contribution is -0.142. The third-order valence-corrected chi connectivity index (χ3v) is 7.27. The van der Waals surface area contributed by atoms with E-state index in [1.165, 1.54) is 13.0 Å². The molecule has 26 heavy (non-hydrogen) atoms. The molecule has 0 saturated heterocycles. The number of hydrogen-bond acceptors (Lipinski definition) is 5. The van der Waals surface area contributed by atoms with Crippen molar-refractivity contribution in [2.75, 3.05) is 0 Å². The Morgan fingerprint density at radius 1 is 1.27 bits per heavy atom. The molecule has 4 rings (SSSR count). The Hall–Kier alpha value is -1.59. The van der Waals surface area contributed by atoms with Crippen LogP contribution in [0.1, 0.15) is 63.0 Å². The van der Waals surface area contributed by atoms with E-state index in [-0.39, 0.29) is 23.2 Å². The van der Waals surface area contributed by atoms with Gasteiger partial charge < -0.3 is 20.1 Å². The quantitative estimate of drug-likeness (QED) is 0.558. The molecule has 0 spiro atoms. The highest BCUT2D eigenvalue weighted by molar-refractivity contribution is 5.77. The molecule has 3 aliphatic rings. The van der Waals surface area contributed by atoms with E-state index in [1.54, 1.807) is 6.07 Å². The minimum absolute atomic E-state index is 0.00790. The van der Waals surface area contributed by atoms with Gasteiger partial charge >= 0.3 is 5.97 Å². The Labute approximate surface area is 154 Å². The average Bonchev–Trinajstić information content (AvgIpc) is 2.89. The second-order valence-electron chi connectivity index (χ2n) is 8.67. The standard InChI is InChI=1S/C21H28O5/c1-11(22)20(25)26-17-10-13(23)9-12-3-4-14-15(19(12)17)7-8-21(2)16(14)5-6-18(21)24/h9-11,14-16,18,22-24H,3-8H2,1-2H3/t11?,14-,15+,16+,18-,21+/m1/s1. The van der Waals surface area contributed by atoms with Crippen molar-refractivity contribution in [3.63, 3.8) is 0 Å². The summed E-state index contributed by atoms with van der Waals surface area (Å²) >= 11 is 0. The van der Waals surface area contributed by atoms with Crippen LogP contribution in [0.5, 0.6) is 11.5 Å². The first-order valence-corrected chi connectivity index (χ1v) is 9.75. The third kappa shape index (κ3) is 2.64. The second kappa shape index (κ2) is 6.24. The van der Waals surface area contributed by atoms with E-state index >= 15 is 0 Å². The average molecular weight is 360 g/mol. The number of ether oxygens (including phenoxy) is 1. The number of fused-ring (bicyclic) bond motifs is 5. The van der Waals surface area contributed by atoms with Gasteiger partial charge in [-0.1, -0.05) is 6.92 Å². The molecule has 0 bridgehead atoms. The molecular weight excluding hydrogens is 332 g/mol. The molecule has 0 aliphatic heterocycles. The number of esters is 1. The van der Waals surface area contributed by atoms with Gasteiger partial charge in [-0.2, -0.15) is 0 Å². The van der Waals surface area contributed by atoms with Crippen molar-refractivity contribution >= 4 is 5.97 Å². The zero-order valence-corrected chi connectivity index (χ0v) is 15.4. The van der Waals surface area contributed by atoms with E-state index in [0.29, 0.717) is 17.6 Å². The molecule has 5 nitrogen and oxygen atoms in total. The van der Waals surface area contributed by atoms with Crippen molar-refractivity contribution in [2.45, 2.75) is 70.5 Å². The zero-order valence-electron chi connectivity index (χ0n) is 15.4. The van der Waals surface area contributed by atoms with Crippen LogP contribution in [0.3, 0.4) is 0 Å². The summed E-state index contributed by atoms with van der Waals surface area (Å²) in [6.45, 7) is 3.61. The molecule has 0 radical (unpaired) electrons. The summed E-state index contributed by atoms with van der Waals surface area (Å²) in [5, 5.41) is 30.1. The highest BCUT2D eigenvalue weighted by atomic mass is 16.5. The first-order chi connectivity index (χ1) is 12.3. The number of aliphatic hydroxyl groups is 2. The van der Waals surface area contributed by atoms with E-state index in [4.69, 9.17) is 4.74 Å². The van der Waals surface area contributed by atoms with Gasteiger partial charge in [0.1, 0.15) is 17.6 Å². The third-order valence-electron chi connectivity index (χ3n) is 7.27. The summed E-state index contributed by atoms with van der Waals surface area (Å²) in [4.78, 5) is 12.0. The number of carbonyl (C=O) groups is 1. The maximum atomic E-state index is 12.0. The summed E-state index contributed by atoms with van der Waals surface area (Å²) in [7, 11) is 0. The maximum Gasteiger partial charge on any atom is 0.340 e. The van der Waals surface area contributed by atoms with Crippen LogP contribution in [-0.4, -0.2) is 33.5 Å². The first kappa shape index (κ1) is 17.8. The van der Waals surface area contributed by atoms with Crippen LogP contribution in [0.25, 0.3) is 0 Å². The predicted octanol–water partition coefficient (Wildman–Crippen LogP) is 2.90. The van der Waals surface area contributed by atoms with E-state index in [2.05, 4.69) is 6.92 Å². The van der Waals surface area contributed by atoms with Gasteiger partial charge in [0.25, 0.3) is 0 Å². The number of aromatic hydroxyl groups is 1. The van der Waals surface area contributed by atoms with Gasteiger partial charge in [-0.25, -0.2) is 4.79 Å². The molecule has 2 saturated carbocycles. The number of aliphatic hydroxyl groups excluding tert-OH is 2. The Bertz CT molecular complexity index is 727. The normalized spacial score (nSPS) is 36.6. The molecule has 1 aromatic rings. The Kier molecular flexibility index (Phi) is 4.27. The number of carbonyl (C=O) groups excluding carboxylic acids is 1. The summed E-state index contributed by atoms with van der Waals surface area (Å²) in [6.07, 6.45) is 4.29. The fourth-order valence-corrected chi connectivity index (χ4v) is 5.92. The lowest BCUT2D eigenvalue weighted by Gasteiger charge is -2.50. The van der Waals surface area contributed by atoms with E-state index < -0.39 is 12.1 Å². The summed E-state index contributed by atoms with van der Waals surface area (Å²) in [5.41, 5.74) is 2.06. The van der Waals surface area contributed by atoms with Gasteiger partial charge in [0.2, 0.25) is 0 Å². The molecule has 3 aliphatic carbocycles. The monoisotopic (exact) mass is 360 g/mol. The molecular formula is C21H28O5. The lowest BCUT2D eigenvalue weighted by Crippen LogP contribution is -2.44. The molecule has 0 aromatic heterocycles. The number of benzene rings is 1. The number of phenols is 1. The molecule has 6 atom stereocenters. The lowest BCUT2D eigenvalue weighted by atomic mass is 9.55. The summed E-state index contributed by atoms with van der Waals surface area (Å²) < 4.78 is 5.46. The molecule has 5 heteroatoms. The van der Waals surface area contributed by atoms with Crippen molar-refractivity contribution in [1.82, 2.24) is 0 Å². The van der Waals surface area contributed by atoms with Gasteiger partial charge in [-0.05, 0) is 80.2 Å². The molecule has 0 heterocycles. The van der Waals surface area contributed by atoms with Crippen LogP contribution in [0.15, 0.2) is 12.1 Å². The van der Waals surface area contributed by atoms with Crippen molar-refractivity contribution < 1.29 is 24.9 Å². The Balaban J connectivity index is 1.72. The SMILES string of the molecule is CC(O)C(=O)Oc1cc(O)cc2c1[C@H]1CC[C@]3(C)[C@H](O)CC[C@H]3[C@@H]1CC2. The minimum atomic E-state index is -1.20. The van der Waals surface area contributed by atoms with E-state index in [9.17, 15) is 20.1 Å². The van der Waals surface area contributed by atoms with Gasteiger partial charge in [-0.3, -0.25) is 0 Å². The van der Waals surface area contributed by atoms with Gasteiger partial charge in [0.15, 0.2) is 0 Å². The number of hydrogen-bond donors (Lipinski definition) is 3. The molecule has 1 aromatic carbocycles. The van der Waals surface area contributed by atoms with Crippen molar-refractivity contribution in [1.29, 1.82) is 0 Å². The van der Waals surface area contributed by atoms with Crippen LogP contribution in [0, 0.1) is 17.3 Å². The van der Waals surface area contributed by atoms with Gasteiger partial charge in [0, 0.05) is 11.6 Å². The summed E-state index contributed by atoms with van der Waals surface area (Å²) in [6, 6.07) is 3.28. The molecule has 0 amide bonds. The van der Waals surface area contributed by atoms with Crippen LogP contribution < -0.4 is 4.74 Å². The van der Waals surface area contributed by atoms with Crippen molar-refractivity contribution in [2.24, 2.45) is 17.3 Å². The van der Waals surface area contributed by atoms with Crippen LogP contribution >= 0.6 is 0 Å². The summed E-state index contributed by atoms with van der Waals surface area (Å²) in [5.74, 6) is 1.01. The molecule has 142 valence electrons. The minimum Gasteiger partial charge on any atom is -0.508 e. The number of phenolic OH excluding ortho intramolecular Hbond substituents is 1. The largest absolute Gasteiger partial charge is 0.508 e. The zero-order chi connectivity index (χ0) is 18.6. The predicted molar refractivity (Wildman–Crippen MR) is 96.0 cm³/mol. The maximum absolute atomic E-state index is 12.0. The fraction of sp³-hybridized carbons (Fsp3) is 0.667. The Morgan fingerprint density at radius 2 is 2.04 bits per heavy atom. The molecule has 2 fully saturated rings. The number of rotatable bonds is 2. The fourth-order valence-electron chi connectivity index (χ4n) is 5.92. The smallest absolute Gasteiger partial charge is 0.340 e. The molecule has 1 unspecified atom stereocenters. The highest BCUT2D eigenvalue weighted by Gasteiger charge is 2.54. The molecule has 3 N–H and O–H groups in total. The Morgan fingerprint density at radius 3 is 2.77 bits per heavy atom. The van der Waals surface area contributed by atoms with Crippen LogP contribution in [-0.2, 0) is 11.2 Å². The van der Waals surface area contributed by atoms with Gasteiger partial charge in [0.05, 0.1) is 6.10 Å². The number of aryl methyl sites for hydroxylation is 1. The highest BCUT2D eigenvalue weighted by Crippen LogP contribution is 2.62. The van der Waals surface area contributed by atoms with E-state index in [1.807, 2.05) is 0 Å². The first-order valence-electron chi connectivity index (χ1n) is 9.75. The van der Waals surface area contributed by atoms with Crippen molar-refractivity contribution in [3.05, 3.63) is 23.3 Å². The van der Waals surface area contributed by atoms with Crippen LogP contribution in [0.4, 0.5) is 0 Å².